The van der Waals surface area contributed by atoms with Crippen LogP contribution in [0.25, 0.3) is 0 Å². The molecule has 1 heterocycles. The Balaban J connectivity index is 2.35. The Hall–Kier alpha value is -0.100. The van der Waals surface area contributed by atoms with E-state index in [1.54, 1.807) is 0 Å². The fourth-order valence-corrected chi connectivity index (χ4v) is 3.11. The SMILES string of the molecule is NC(CCCCC(=O)O)c1cc(Cl)c(Br)s1. The average molecular weight is 327 g/mol. The average Bonchev–Trinajstić information content (AvgIpc) is 2.54. The molecule has 0 aliphatic heterocycles. The van der Waals surface area contributed by atoms with Crippen molar-refractivity contribution in [2.24, 2.45) is 5.73 Å². The molecule has 16 heavy (non-hydrogen) atoms. The van der Waals surface area contributed by atoms with Crippen LogP contribution in [-0.2, 0) is 4.79 Å². The third-order valence-electron chi connectivity index (χ3n) is 2.19. The molecule has 0 aromatic carbocycles. The molecule has 0 bridgehead atoms. The molecule has 1 aromatic rings. The van der Waals surface area contributed by atoms with E-state index in [1.807, 2.05) is 6.07 Å². The summed E-state index contributed by atoms with van der Waals surface area (Å²) in [5, 5.41) is 9.16. The highest BCUT2D eigenvalue weighted by molar-refractivity contribution is 9.11. The second-order valence-corrected chi connectivity index (χ2v) is 6.33. The number of carbonyl (C=O) groups is 1. The van der Waals surface area contributed by atoms with Crippen molar-refractivity contribution in [1.82, 2.24) is 0 Å². The molecule has 6 heteroatoms. The van der Waals surface area contributed by atoms with Gasteiger partial charge in [-0.25, -0.2) is 0 Å². The van der Waals surface area contributed by atoms with E-state index < -0.39 is 5.97 Å². The first kappa shape index (κ1) is 14.0. The lowest BCUT2D eigenvalue weighted by molar-refractivity contribution is -0.137. The predicted octanol–water partition coefficient (Wildman–Crippen LogP) is 3.81. The van der Waals surface area contributed by atoms with Crippen LogP contribution in [0, 0.1) is 0 Å². The van der Waals surface area contributed by atoms with Crippen molar-refractivity contribution in [2.45, 2.75) is 31.7 Å². The number of thiophene rings is 1. The number of aliphatic carboxylic acids is 1. The van der Waals surface area contributed by atoms with Gasteiger partial charge in [0, 0.05) is 17.3 Å². The van der Waals surface area contributed by atoms with Crippen molar-refractivity contribution >= 4 is 44.8 Å². The van der Waals surface area contributed by atoms with Gasteiger partial charge >= 0.3 is 5.97 Å². The summed E-state index contributed by atoms with van der Waals surface area (Å²) in [4.78, 5) is 11.3. The number of carboxylic acids is 1. The van der Waals surface area contributed by atoms with E-state index in [0.717, 1.165) is 21.5 Å². The van der Waals surface area contributed by atoms with Gasteiger partial charge in [-0.15, -0.1) is 11.3 Å². The van der Waals surface area contributed by atoms with Gasteiger partial charge in [-0.2, -0.15) is 0 Å². The van der Waals surface area contributed by atoms with E-state index in [2.05, 4.69) is 15.9 Å². The standard InChI is InChI=1S/C10H13BrClNO2S/c11-10-6(12)5-8(16-10)7(13)3-1-2-4-9(14)15/h5,7H,1-4,13H2,(H,14,15). The Morgan fingerprint density at radius 2 is 2.31 bits per heavy atom. The monoisotopic (exact) mass is 325 g/mol. The summed E-state index contributed by atoms with van der Waals surface area (Å²) in [5.74, 6) is -0.754. The topological polar surface area (TPSA) is 63.3 Å². The fraction of sp³-hybridized carbons (Fsp3) is 0.500. The molecule has 0 aliphatic rings. The molecule has 1 rings (SSSR count). The third-order valence-corrected chi connectivity index (χ3v) is 4.79. The summed E-state index contributed by atoms with van der Waals surface area (Å²) < 4.78 is 0.894. The zero-order chi connectivity index (χ0) is 12.1. The number of carboxylic acid groups (broad SMARTS) is 1. The molecule has 0 spiro atoms. The second kappa shape index (κ2) is 6.59. The molecule has 0 aliphatic carbocycles. The molecule has 0 saturated carbocycles. The quantitative estimate of drug-likeness (QED) is 0.781. The maximum absolute atomic E-state index is 10.3. The van der Waals surface area contributed by atoms with Gasteiger partial charge in [-0.05, 0) is 34.8 Å². The summed E-state index contributed by atoms with van der Waals surface area (Å²) in [5.41, 5.74) is 5.98. The predicted molar refractivity (Wildman–Crippen MR) is 70.1 cm³/mol. The van der Waals surface area contributed by atoms with Gasteiger partial charge in [0.2, 0.25) is 0 Å². The van der Waals surface area contributed by atoms with Crippen LogP contribution in [0.3, 0.4) is 0 Å². The smallest absolute Gasteiger partial charge is 0.303 e. The van der Waals surface area contributed by atoms with Crippen molar-refractivity contribution < 1.29 is 9.90 Å². The van der Waals surface area contributed by atoms with Crippen LogP contribution in [0.2, 0.25) is 5.02 Å². The van der Waals surface area contributed by atoms with Gasteiger partial charge in [0.1, 0.15) is 0 Å². The van der Waals surface area contributed by atoms with Crippen LogP contribution in [0.1, 0.15) is 36.6 Å². The lowest BCUT2D eigenvalue weighted by atomic mass is 10.1. The fourth-order valence-electron chi connectivity index (χ4n) is 1.33. The Morgan fingerprint density at radius 1 is 1.62 bits per heavy atom. The minimum absolute atomic E-state index is 0.0532. The highest BCUT2D eigenvalue weighted by Gasteiger charge is 2.11. The van der Waals surface area contributed by atoms with Crippen molar-refractivity contribution in [3.8, 4) is 0 Å². The van der Waals surface area contributed by atoms with Crippen molar-refractivity contribution in [1.29, 1.82) is 0 Å². The van der Waals surface area contributed by atoms with Crippen LogP contribution < -0.4 is 5.73 Å². The molecule has 1 atom stereocenters. The normalized spacial score (nSPS) is 12.7. The molecule has 1 aromatic heterocycles. The first-order valence-electron chi connectivity index (χ1n) is 4.93. The minimum Gasteiger partial charge on any atom is -0.481 e. The van der Waals surface area contributed by atoms with Crippen molar-refractivity contribution in [3.05, 3.63) is 19.8 Å². The Bertz CT molecular complexity index is 350. The molecule has 0 radical (unpaired) electrons. The Labute approximate surface area is 112 Å². The van der Waals surface area contributed by atoms with Gasteiger partial charge < -0.3 is 10.8 Å². The summed E-state index contributed by atoms with van der Waals surface area (Å²) >= 11 is 10.8. The number of hydrogen-bond donors (Lipinski definition) is 2. The van der Waals surface area contributed by atoms with Crippen LogP contribution >= 0.6 is 38.9 Å². The number of unbranched alkanes of at least 4 members (excludes halogenated alkanes) is 1. The first-order chi connectivity index (χ1) is 7.50. The number of nitrogens with two attached hydrogens (primary N) is 1. The molecule has 0 amide bonds. The van der Waals surface area contributed by atoms with E-state index in [4.69, 9.17) is 22.4 Å². The largest absolute Gasteiger partial charge is 0.481 e. The molecular weight excluding hydrogens is 314 g/mol. The summed E-state index contributed by atoms with van der Waals surface area (Å²) in [6, 6.07) is 1.81. The summed E-state index contributed by atoms with van der Waals surface area (Å²) in [6.45, 7) is 0. The van der Waals surface area contributed by atoms with Gasteiger partial charge in [-0.1, -0.05) is 18.0 Å². The maximum Gasteiger partial charge on any atom is 0.303 e. The van der Waals surface area contributed by atoms with Crippen molar-refractivity contribution in [2.75, 3.05) is 0 Å². The molecule has 3 N–H and O–H groups in total. The summed E-state index contributed by atoms with van der Waals surface area (Å²) in [7, 11) is 0. The highest BCUT2D eigenvalue weighted by Crippen LogP contribution is 2.35. The molecule has 3 nitrogen and oxygen atoms in total. The van der Waals surface area contributed by atoms with Crippen LogP contribution in [0.5, 0.6) is 0 Å². The lowest BCUT2D eigenvalue weighted by Gasteiger charge is -2.08. The molecule has 0 fully saturated rings. The molecule has 90 valence electrons. The molecule has 0 saturated heterocycles. The van der Waals surface area contributed by atoms with Crippen LogP contribution in [0.4, 0.5) is 0 Å². The van der Waals surface area contributed by atoms with E-state index in [9.17, 15) is 4.79 Å². The van der Waals surface area contributed by atoms with Gasteiger partial charge in [0.25, 0.3) is 0 Å². The van der Waals surface area contributed by atoms with E-state index in [1.165, 1.54) is 11.3 Å². The molecule has 1 unspecified atom stereocenters. The van der Waals surface area contributed by atoms with E-state index in [0.29, 0.717) is 11.4 Å². The van der Waals surface area contributed by atoms with Crippen LogP contribution in [-0.4, -0.2) is 11.1 Å². The van der Waals surface area contributed by atoms with Gasteiger partial charge in [0.05, 0.1) is 8.81 Å². The Kier molecular flexibility index (Phi) is 5.75. The molecular formula is C10H13BrClNO2S. The van der Waals surface area contributed by atoms with Gasteiger partial charge in [0.15, 0.2) is 0 Å². The third kappa shape index (κ3) is 4.41. The zero-order valence-corrected chi connectivity index (χ0v) is 11.7. The summed E-state index contributed by atoms with van der Waals surface area (Å²) in [6.07, 6.45) is 2.49. The number of halogens is 2. The zero-order valence-electron chi connectivity index (χ0n) is 8.58. The second-order valence-electron chi connectivity index (χ2n) is 3.52. The maximum atomic E-state index is 10.3. The first-order valence-corrected chi connectivity index (χ1v) is 6.91. The minimum atomic E-state index is -0.754. The Morgan fingerprint density at radius 3 is 2.81 bits per heavy atom. The number of rotatable bonds is 6. The lowest BCUT2D eigenvalue weighted by Crippen LogP contribution is -2.08. The van der Waals surface area contributed by atoms with E-state index in [-0.39, 0.29) is 12.5 Å². The van der Waals surface area contributed by atoms with E-state index >= 15 is 0 Å². The number of hydrogen-bond acceptors (Lipinski definition) is 3. The highest BCUT2D eigenvalue weighted by atomic mass is 79.9. The van der Waals surface area contributed by atoms with Gasteiger partial charge in [-0.3, -0.25) is 4.79 Å². The van der Waals surface area contributed by atoms with Crippen LogP contribution in [0.15, 0.2) is 9.85 Å². The van der Waals surface area contributed by atoms with Crippen molar-refractivity contribution in [3.63, 3.8) is 0 Å².